The molecule has 10 unspecified atom stereocenters. The lowest BCUT2D eigenvalue weighted by Gasteiger charge is -2.26. The van der Waals surface area contributed by atoms with Crippen LogP contribution in [0.2, 0.25) is 0 Å². The minimum Gasteiger partial charge on any atom is -0.387 e. The summed E-state index contributed by atoms with van der Waals surface area (Å²) in [5.41, 5.74) is 11.1. The lowest BCUT2D eigenvalue weighted by Crippen LogP contribution is -2.35. The fraction of sp³-hybridized carbons (Fsp3) is 0.524. The number of nitrogens with zero attached hydrogens (tertiary/aromatic N) is 7. The Kier molecular flexibility index (Phi) is 8.16. The second kappa shape index (κ2) is 11.8. The van der Waals surface area contributed by atoms with Crippen LogP contribution in [0.4, 0.5) is 16.2 Å². The summed E-state index contributed by atoms with van der Waals surface area (Å²) < 4.78 is 80.5. The predicted molar refractivity (Wildman–Crippen MR) is 160 cm³/mol. The van der Waals surface area contributed by atoms with Crippen LogP contribution in [0.5, 0.6) is 0 Å². The highest BCUT2D eigenvalue weighted by Crippen LogP contribution is 2.63. The molecule has 3 saturated heterocycles. The quantitative estimate of drug-likeness (QED) is 0.145. The monoisotopic (exact) mass is 722 g/mol. The summed E-state index contributed by atoms with van der Waals surface area (Å²) in [4.78, 5) is 34.9. The summed E-state index contributed by atoms with van der Waals surface area (Å²) in [6.45, 7) is -9.80. The molecule has 46 heavy (non-hydrogen) atoms. The number of hydrogen-bond acceptors (Lipinski definition) is 18. The molecule has 0 aliphatic carbocycles. The topological polar surface area (TPSA) is 269 Å². The average molecular weight is 723 g/mol. The van der Waals surface area contributed by atoms with Gasteiger partial charge in [0.25, 0.3) is 5.56 Å². The van der Waals surface area contributed by atoms with E-state index >= 15 is 4.39 Å². The van der Waals surface area contributed by atoms with Gasteiger partial charge in [-0.2, -0.15) is 4.98 Å². The van der Waals surface area contributed by atoms with Gasteiger partial charge in [0.2, 0.25) is 5.95 Å². The molecular formula is C21H25FN10O10P2S2. The number of aromatic amines is 1. The Morgan fingerprint density at radius 1 is 1.00 bits per heavy atom. The Morgan fingerprint density at radius 2 is 1.70 bits per heavy atom. The molecule has 7 rings (SSSR count). The molecule has 4 aromatic rings. The molecule has 0 amide bonds. The number of aliphatic hydroxyl groups excluding tert-OH is 1. The fourth-order valence-corrected chi connectivity index (χ4v) is 9.00. The van der Waals surface area contributed by atoms with Crippen LogP contribution in [0.15, 0.2) is 23.8 Å². The number of alkyl halides is 1. The molecule has 3 fully saturated rings. The number of nitrogens with two attached hydrogens (primary N) is 2. The molecule has 2 bridgehead atoms. The number of nitrogens with one attached hydrogen (secondary N) is 1. The van der Waals surface area contributed by atoms with Crippen LogP contribution in [-0.2, 0) is 36.7 Å². The third-order valence-corrected chi connectivity index (χ3v) is 12.4. The number of fused-ring (bicyclic) bond motifs is 5. The lowest BCUT2D eigenvalue weighted by atomic mass is 10.1. The van der Waals surface area contributed by atoms with Gasteiger partial charge in [-0.15, -0.1) is 0 Å². The van der Waals surface area contributed by atoms with Crippen molar-refractivity contribution in [2.45, 2.75) is 49.1 Å². The SMILES string of the molecule is CSP1(=O)OCC2OC(n3cnc4c(=O)[nH]c(N)nc43)C(OP(=O)(S)OCC3OC(n4cnc5c(N)ncnc54)C(F)C3O1)C2O. The van der Waals surface area contributed by atoms with E-state index in [4.69, 9.17) is 39.0 Å². The van der Waals surface area contributed by atoms with E-state index in [1.807, 2.05) is 0 Å². The van der Waals surface area contributed by atoms with E-state index in [-0.39, 0.29) is 34.1 Å². The Balaban J connectivity index is 1.22. The van der Waals surface area contributed by atoms with E-state index in [9.17, 15) is 19.0 Å². The first kappa shape index (κ1) is 31.9. The predicted octanol–water partition coefficient (Wildman–Crippen LogP) is 0.944. The van der Waals surface area contributed by atoms with Crippen molar-refractivity contribution in [3.8, 4) is 0 Å². The highest BCUT2D eigenvalue weighted by molar-refractivity contribution is 8.54. The zero-order valence-corrected chi connectivity index (χ0v) is 26.8. The molecule has 20 nitrogen and oxygen atoms in total. The molecule has 25 heteroatoms. The highest BCUT2D eigenvalue weighted by atomic mass is 32.7. The van der Waals surface area contributed by atoms with Gasteiger partial charge in [0, 0.05) is 0 Å². The first-order chi connectivity index (χ1) is 21.9. The number of H-pyrrole nitrogens is 1. The van der Waals surface area contributed by atoms with Gasteiger partial charge in [0.1, 0.15) is 42.4 Å². The van der Waals surface area contributed by atoms with Crippen molar-refractivity contribution in [3.63, 3.8) is 0 Å². The number of nitrogen functional groups attached to an aromatic ring is 2. The molecule has 3 aliphatic rings. The van der Waals surface area contributed by atoms with Gasteiger partial charge < -0.3 is 26.0 Å². The molecule has 7 heterocycles. The van der Waals surface area contributed by atoms with Gasteiger partial charge in [-0.25, -0.2) is 33.5 Å². The lowest BCUT2D eigenvalue weighted by molar-refractivity contribution is -0.0568. The molecule has 0 radical (unpaired) electrons. The first-order valence-electron chi connectivity index (χ1n) is 13.3. The van der Waals surface area contributed by atoms with Crippen molar-refractivity contribution in [3.05, 3.63) is 29.3 Å². The van der Waals surface area contributed by atoms with E-state index in [0.29, 0.717) is 11.4 Å². The molecule has 3 aliphatic heterocycles. The number of hydrogen-bond donors (Lipinski definition) is 5. The van der Waals surface area contributed by atoms with Crippen molar-refractivity contribution in [1.82, 2.24) is 39.0 Å². The third kappa shape index (κ3) is 5.52. The van der Waals surface area contributed by atoms with Crippen LogP contribution in [0.1, 0.15) is 12.5 Å². The molecular weight excluding hydrogens is 697 g/mol. The molecule has 248 valence electrons. The Hall–Kier alpha value is -2.69. The molecule has 0 aromatic carbocycles. The van der Waals surface area contributed by atoms with Crippen LogP contribution in [0.25, 0.3) is 22.3 Å². The van der Waals surface area contributed by atoms with Crippen LogP contribution >= 0.6 is 37.2 Å². The van der Waals surface area contributed by atoms with Gasteiger partial charge >= 0.3 is 13.6 Å². The van der Waals surface area contributed by atoms with E-state index in [0.717, 1.165) is 0 Å². The summed E-state index contributed by atoms with van der Waals surface area (Å²) >= 11 is 4.74. The van der Waals surface area contributed by atoms with E-state index in [2.05, 4.69) is 42.2 Å². The summed E-state index contributed by atoms with van der Waals surface area (Å²) in [5.74, 6) is -0.173. The third-order valence-electron chi connectivity index (χ3n) is 7.49. The first-order valence-corrected chi connectivity index (χ1v) is 19.4. The zero-order valence-electron chi connectivity index (χ0n) is 23.3. The molecule has 0 spiro atoms. The van der Waals surface area contributed by atoms with Gasteiger partial charge in [-0.3, -0.25) is 37.0 Å². The molecule has 10 atom stereocenters. The van der Waals surface area contributed by atoms with E-state index < -0.39 is 81.5 Å². The number of anilines is 2. The smallest absolute Gasteiger partial charge is 0.387 e. The largest absolute Gasteiger partial charge is 0.389 e. The minimum atomic E-state index is -4.41. The number of halogens is 1. The number of rotatable bonds is 3. The van der Waals surface area contributed by atoms with Crippen molar-refractivity contribution in [1.29, 1.82) is 0 Å². The fourth-order valence-electron chi connectivity index (χ4n) is 5.35. The van der Waals surface area contributed by atoms with E-state index in [1.54, 1.807) is 0 Å². The van der Waals surface area contributed by atoms with Gasteiger partial charge in [-0.1, -0.05) is 12.2 Å². The number of ether oxygens (including phenoxy) is 2. The van der Waals surface area contributed by atoms with Crippen molar-refractivity contribution in [2.75, 3.05) is 30.9 Å². The standard InChI is InChI=1S/C21H25FN10O10P2S2/c1-46-44(36)38-2-7-12(33)14(20(39-7)32-6-28-11-17(32)29-21(24)30-18(11)34)41-43(35,45)37-3-8-13(42-44)9(22)19(40-8)31-5-27-10-15(23)25-4-26-16(10)31/h4-9,12-14,19-20,33H,2-3H2,1H3,(H,35,45)(H2,23,25,26)(H3,24,29,30,34). The number of thiol groups is 1. The van der Waals surface area contributed by atoms with Crippen molar-refractivity contribution < 1.29 is 46.2 Å². The zero-order chi connectivity index (χ0) is 32.5. The Bertz CT molecular complexity index is 1970. The Morgan fingerprint density at radius 3 is 2.46 bits per heavy atom. The number of aromatic nitrogens is 8. The van der Waals surface area contributed by atoms with E-state index in [1.165, 1.54) is 34.4 Å². The summed E-state index contributed by atoms with van der Waals surface area (Å²) in [7, 11) is 0. The normalized spacial score (nSPS) is 37.1. The second-order valence-corrected chi connectivity index (χ2v) is 17.3. The van der Waals surface area contributed by atoms with Gasteiger partial charge in [0.05, 0.1) is 25.9 Å². The highest BCUT2D eigenvalue weighted by Gasteiger charge is 2.54. The van der Waals surface area contributed by atoms with Crippen LogP contribution < -0.4 is 17.0 Å². The number of imidazole rings is 2. The summed E-state index contributed by atoms with van der Waals surface area (Å²) in [6, 6.07) is 0. The summed E-state index contributed by atoms with van der Waals surface area (Å²) in [5, 5.41) is 11.2. The second-order valence-electron chi connectivity index (χ2n) is 10.3. The maximum Gasteiger partial charge on any atom is 0.389 e. The Labute approximate surface area is 265 Å². The molecule has 0 saturated carbocycles. The minimum absolute atomic E-state index is 0.0379. The number of aliphatic hydroxyl groups is 1. The average Bonchev–Trinajstić information content (AvgIpc) is 3.77. The molecule has 6 N–H and O–H groups in total. The van der Waals surface area contributed by atoms with Gasteiger partial charge in [0.15, 0.2) is 41.3 Å². The van der Waals surface area contributed by atoms with Gasteiger partial charge in [-0.05, 0) is 17.6 Å². The maximum absolute atomic E-state index is 16.2. The van der Waals surface area contributed by atoms with Crippen LogP contribution in [-0.4, -0.2) is 100 Å². The maximum atomic E-state index is 16.2. The van der Waals surface area contributed by atoms with Crippen LogP contribution in [0, 0.1) is 0 Å². The van der Waals surface area contributed by atoms with Crippen molar-refractivity contribution >= 4 is 71.3 Å². The van der Waals surface area contributed by atoms with Crippen molar-refractivity contribution in [2.24, 2.45) is 0 Å². The van der Waals surface area contributed by atoms with Crippen LogP contribution in [0.3, 0.4) is 0 Å². The molecule has 4 aromatic heterocycles. The summed E-state index contributed by atoms with van der Waals surface area (Å²) in [6.07, 6.45) is -7.02.